The van der Waals surface area contributed by atoms with E-state index in [2.05, 4.69) is 0 Å². The van der Waals surface area contributed by atoms with Crippen LogP contribution >= 0.6 is 7.60 Å². The Morgan fingerprint density at radius 3 is 2.68 bits per heavy atom. The van der Waals surface area contributed by atoms with Crippen LogP contribution in [0.4, 0.5) is 0 Å². The standard InChI is InChI=1S/C21H30NO5P/c23-20(17-18-9-4-3-5-10-18)14-13-19-11-8-12-21(24)22(19)15-6-1-2-7-16-28(25,26)27/h1,3-6,9-10,13-14,19-20,23H,2,7-8,11-12,15-17H2,(H2,25,26,27)/t19-,20?/m1/s1. The first-order chi connectivity index (χ1) is 13.3. The molecule has 1 amide bonds. The van der Waals surface area contributed by atoms with E-state index in [1.165, 1.54) is 0 Å². The average Bonchev–Trinajstić information content (AvgIpc) is 2.64. The Balaban J connectivity index is 1.85. The number of nitrogens with zero attached hydrogens (tertiary/aromatic N) is 1. The van der Waals surface area contributed by atoms with Crippen molar-refractivity contribution in [2.24, 2.45) is 0 Å². The minimum Gasteiger partial charge on any atom is -0.389 e. The van der Waals surface area contributed by atoms with Crippen molar-refractivity contribution in [3.05, 3.63) is 60.2 Å². The number of benzene rings is 1. The molecule has 0 bridgehead atoms. The van der Waals surface area contributed by atoms with Crippen molar-refractivity contribution in [2.45, 2.75) is 50.7 Å². The number of carbonyl (C=O) groups excluding carboxylic acids is 1. The Morgan fingerprint density at radius 1 is 1.21 bits per heavy atom. The van der Waals surface area contributed by atoms with Gasteiger partial charge < -0.3 is 19.8 Å². The Morgan fingerprint density at radius 2 is 1.96 bits per heavy atom. The third-order valence-corrected chi connectivity index (χ3v) is 5.64. The Hall–Kier alpha value is -1.72. The molecular weight excluding hydrogens is 377 g/mol. The summed E-state index contributed by atoms with van der Waals surface area (Å²) in [7, 11) is -3.94. The van der Waals surface area contributed by atoms with E-state index in [-0.39, 0.29) is 18.1 Å². The highest BCUT2D eigenvalue weighted by Gasteiger charge is 2.25. The van der Waals surface area contributed by atoms with E-state index in [0.717, 1.165) is 18.4 Å². The molecule has 1 saturated heterocycles. The van der Waals surface area contributed by atoms with Crippen molar-refractivity contribution in [1.29, 1.82) is 0 Å². The van der Waals surface area contributed by atoms with Gasteiger partial charge in [0.15, 0.2) is 0 Å². The summed E-state index contributed by atoms with van der Waals surface area (Å²) in [6.07, 6.45) is 10.5. The maximum atomic E-state index is 12.3. The first-order valence-corrected chi connectivity index (χ1v) is 11.5. The van der Waals surface area contributed by atoms with Crippen LogP contribution in [-0.2, 0) is 15.8 Å². The molecular formula is C21H30NO5P. The lowest BCUT2D eigenvalue weighted by molar-refractivity contribution is -0.134. The number of amides is 1. The number of carbonyl (C=O) groups is 1. The minimum atomic E-state index is -3.94. The van der Waals surface area contributed by atoms with E-state index >= 15 is 0 Å². The van der Waals surface area contributed by atoms with Crippen LogP contribution in [0.3, 0.4) is 0 Å². The molecule has 154 valence electrons. The normalized spacial score (nSPS) is 19.6. The summed E-state index contributed by atoms with van der Waals surface area (Å²) in [6, 6.07) is 9.75. The molecule has 1 heterocycles. The summed E-state index contributed by atoms with van der Waals surface area (Å²) in [5.41, 5.74) is 1.06. The maximum Gasteiger partial charge on any atom is 0.325 e. The third-order valence-electron chi connectivity index (χ3n) is 4.74. The number of rotatable bonds is 10. The number of allylic oxidation sites excluding steroid dienone is 1. The number of aliphatic hydroxyl groups is 1. The zero-order valence-electron chi connectivity index (χ0n) is 16.1. The summed E-state index contributed by atoms with van der Waals surface area (Å²) < 4.78 is 10.8. The molecule has 2 rings (SSSR count). The fraction of sp³-hybridized carbons (Fsp3) is 0.476. The smallest absolute Gasteiger partial charge is 0.325 e. The van der Waals surface area contributed by atoms with Gasteiger partial charge in [-0.25, -0.2) is 0 Å². The number of hydrogen-bond acceptors (Lipinski definition) is 3. The lowest BCUT2D eigenvalue weighted by Gasteiger charge is -2.33. The first kappa shape index (κ1) is 22.6. The molecule has 2 atom stereocenters. The topological polar surface area (TPSA) is 98.1 Å². The zero-order valence-corrected chi connectivity index (χ0v) is 17.0. The van der Waals surface area contributed by atoms with Gasteiger partial charge in [0.2, 0.25) is 5.91 Å². The highest BCUT2D eigenvalue weighted by atomic mass is 31.2. The number of likely N-dealkylation sites (tertiary alicyclic amines) is 1. The van der Waals surface area contributed by atoms with Gasteiger partial charge in [-0.15, -0.1) is 0 Å². The second kappa shape index (κ2) is 11.3. The van der Waals surface area contributed by atoms with E-state index in [4.69, 9.17) is 9.79 Å². The lowest BCUT2D eigenvalue weighted by Crippen LogP contribution is -2.42. The Bertz CT molecular complexity index is 713. The Kier molecular flexibility index (Phi) is 9.13. The number of aliphatic hydroxyl groups excluding tert-OH is 1. The molecule has 1 unspecified atom stereocenters. The molecule has 0 aliphatic carbocycles. The van der Waals surface area contributed by atoms with Gasteiger partial charge in [0.1, 0.15) is 0 Å². The number of piperidine rings is 1. The van der Waals surface area contributed by atoms with Gasteiger partial charge >= 0.3 is 7.60 Å². The number of hydrogen-bond donors (Lipinski definition) is 3. The maximum absolute atomic E-state index is 12.3. The highest BCUT2D eigenvalue weighted by molar-refractivity contribution is 7.51. The molecule has 0 radical (unpaired) electrons. The molecule has 0 aromatic heterocycles. The quantitative estimate of drug-likeness (QED) is 0.315. The van der Waals surface area contributed by atoms with Gasteiger partial charge in [-0.05, 0) is 31.2 Å². The van der Waals surface area contributed by atoms with Gasteiger partial charge in [0.25, 0.3) is 0 Å². The second-order valence-electron chi connectivity index (χ2n) is 7.15. The predicted molar refractivity (Wildman–Crippen MR) is 110 cm³/mol. The van der Waals surface area contributed by atoms with Crippen LogP contribution in [0, 0.1) is 0 Å². The van der Waals surface area contributed by atoms with Crippen LogP contribution in [0.5, 0.6) is 0 Å². The summed E-state index contributed by atoms with van der Waals surface area (Å²) >= 11 is 0. The summed E-state index contributed by atoms with van der Waals surface area (Å²) in [5.74, 6) is 0.0957. The van der Waals surface area contributed by atoms with Crippen LogP contribution in [0.2, 0.25) is 0 Å². The minimum absolute atomic E-state index is 0.0357. The van der Waals surface area contributed by atoms with Crippen molar-refractivity contribution in [3.63, 3.8) is 0 Å². The highest BCUT2D eigenvalue weighted by Crippen LogP contribution is 2.35. The molecule has 0 spiro atoms. The fourth-order valence-electron chi connectivity index (χ4n) is 3.29. The van der Waals surface area contributed by atoms with E-state index in [9.17, 15) is 14.5 Å². The van der Waals surface area contributed by atoms with Crippen molar-refractivity contribution < 1.29 is 24.3 Å². The number of unbranched alkanes of at least 4 members (excludes halogenated alkanes) is 1. The van der Waals surface area contributed by atoms with Crippen molar-refractivity contribution >= 4 is 13.5 Å². The Labute approximate surface area is 166 Å². The summed E-state index contributed by atoms with van der Waals surface area (Å²) in [5, 5.41) is 10.3. The predicted octanol–water partition coefficient (Wildman–Crippen LogP) is 3.04. The summed E-state index contributed by atoms with van der Waals surface area (Å²) in [6.45, 7) is 0.471. The first-order valence-electron chi connectivity index (χ1n) is 9.74. The van der Waals surface area contributed by atoms with Gasteiger partial charge in [-0.2, -0.15) is 0 Å². The average molecular weight is 407 g/mol. The van der Waals surface area contributed by atoms with Crippen LogP contribution in [0.15, 0.2) is 54.6 Å². The molecule has 7 heteroatoms. The van der Waals surface area contributed by atoms with Gasteiger partial charge in [0.05, 0.1) is 18.3 Å². The third kappa shape index (κ3) is 8.53. The van der Waals surface area contributed by atoms with Crippen molar-refractivity contribution in [3.8, 4) is 0 Å². The second-order valence-corrected chi connectivity index (χ2v) is 8.93. The van der Waals surface area contributed by atoms with Crippen molar-refractivity contribution in [2.75, 3.05) is 12.7 Å². The molecule has 1 aliphatic heterocycles. The van der Waals surface area contributed by atoms with Crippen LogP contribution in [0.25, 0.3) is 0 Å². The molecule has 6 nitrogen and oxygen atoms in total. The largest absolute Gasteiger partial charge is 0.389 e. The van der Waals surface area contributed by atoms with Crippen LogP contribution in [0.1, 0.15) is 37.7 Å². The summed E-state index contributed by atoms with van der Waals surface area (Å²) in [4.78, 5) is 31.8. The van der Waals surface area contributed by atoms with E-state index in [1.54, 1.807) is 11.0 Å². The molecule has 1 aromatic rings. The fourth-order valence-corrected chi connectivity index (χ4v) is 3.88. The molecule has 28 heavy (non-hydrogen) atoms. The molecule has 1 fully saturated rings. The van der Waals surface area contributed by atoms with E-state index < -0.39 is 13.7 Å². The lowest BCUT2D eigenvalue weighted by atomic mass is 9.99. The monoisotopic (exact) mass is 407 g/mol. The molecule has 1 aliphatic rings. The van der Waals surface area contributed by atoms with E-state index in [0.29, 0.717) is 32.2 Å². The molecule has 1 aromatic carbocycles. The molecule has 0 saturated carbocycles. The van der Waals surface area contributed by atoms with E-state index in [1.807, 2.05) is 48.6 Å². The molecule has 3 N–H and O–H groups in total. The van der Waals surface area contributed by atoms with Crippen LogP contribution < -0.4 is 0 Å². The SMILES string of the molecule is O=C1CCC[C@H](C=CC(O)Cc2ccccc2)N1CC=CCCCP(=O)(O)O. The van der Waals surface area contributed by atoms with Crippen LogP contribution in [-0.4, -0.2) is 50.6 Å². The van der Waals surface area contributed by atoms with Gasteiger partial charge in [0, 0.05) is 19.4 Å². The zero-order chi connectivity index (χ0) is 20.4. The van der Waals surface area contributed by atoms with Gasteiger partial charge in [-0.3, -0.25) is 9.36 Å². The van der Waals surface area contributed by atoms with Crippen molar-refractivity contribution in [1.82, 2.24) is 4.90 Å². The van der Waals surface area contributed by atoms with Gasteiger partial charge in [-0.1, -0.05) is 54.6 Å².